The van der Waals surface area contributed by atoms with E-state index in [2.05, 4.69) is 39.8 Å². The number of hydrogen-bond acceptors (Lipinski definition) is 5. The maximum atomic E-state index is 12.8. The molecule has 0 fully saturated rings. The number of hydrogen-bond donors (Lipinski definition) is 2. The minimum absolute atomic E-state index is 0.158. The molecule has 0 saturated carbocycles. The molecular weight excluding hydrogens is 372 g/mol. The normalized spacial score (nSPS) is 12.7. The molecule has 0 radical (unpaired) electrons. The summed E-state index contributed by atoms with van der Waals surface area (Å²) < 4.78 is 3.09. The van der Waals surface area contributed by atoms with Crippen LogP contribution in [0.2, 0.25) is 0 Å². The van der Waals surface area contributed by atoms with Crippen molar-refractivity contribution in [2.24, 2.45) is 0 Å². The van der Waals surface area contributed by atoms with Crippen molar-refractivity contribution in [2.45, 2.75) is 45.7 Å². The summed E-state index contributed by atoms with van der Waals surface area (Å²) in [6.07, 6.45) is 5.22. The van der Waals surface area contributed by atoms with E-state index in [0.29, 0.717) is 11.4 Å². The molecule has 1 aliphatic carbocycles. The number of aryl methyl sites for hydroxylation is 1. The Bertz CT molecular complexity index is 1050. The first-order valence-corrected chi connectivity index (χ1v) is 9.64. The molecule has 3 aromatic rings. The van der Waals surface area contributed by atoms with Crippen molar-refractivity contribution in [3.63, 3.8) is 0 Å². The van der Waals surface area contributed by atoms with E-state index in [1.807, 2.05) is 16.8 Å². The molecule has 9 nitrogen and oxygen atoms in total. The summed E-state index contributed by atoms with van der Waals surface area (Å²) in [5.74, 6) is -1.27. The number of rotatable bonds is 7. The molecule has 150 valence electrons. The van der Waals surface area contributed by atoms with Crippen LogP contribution >= 0.6 is 0 Å². The van der Waals surface area contributed by atoms with Crippen LogP contribution < -0.4 is 5.32 Å². The van der Waals surface area contributed by atoms with E-state index in [4.69, 9.17) is 5.11 Å². The lowest BCUT2D eigenvalue weighted by molar-refractivity contribution is -0.137. The summed E-state index contributed by atoms with van der Waals surface area (Å²) in [4.78, 5) is 23.5. The number of aliphatic carboxylic acids is 1. The maximum absolute atomic E-state index is 12.8. The molecule has 1 aliphatic rings. The number of nitrogens with zero attached hydrogens (tertiary/aromatic N) is 5. The number of carboxylic acids is 1. The summed E-state index contributed by atoms with van der Waals surface area (Å²) in [5, 5.41) is 23.8. The molecule has 0 saturated heterocycles. The Balaban J connectivity index is 1.51. The van der Waals surface area contributed by atoms with E-state index in [-0.39, 0.29) is 19.0 Å². The SMILES string of the molecule is CCc1ccc(-n2nc(C(=O)NCc3cn(CC(=O)O)nn3)c3c2CCC3)cc1. The van der Waals surface area contributed by atoms with E-state index in [1.54, 1.807) is 0 Å². The Labute approximate surface area is 167 Å². The lowest BCUT2D eigenvalue weighted by Gasteiger charge is -2.06. The first-order chi connectivity index (χ1) is 14.0. The summed E-state index contributed by atoms with van der Waals surface area (Å²) >= 11 is 0. The highest BCUT2D eigenvalue weighted by atomic mass is 16.4. The summed E-state index contributed by atoms with van der Waals surface area (Å²) in [7, 11) is 0. The predicted octanol–water partition coefficient (Wildman–Crippen LogP) is 1.53. The second-order valence-electron chi connectivity index (χ2n) is 7.04. The van der Waals surface area contributed by atoms with Crippen molar-refractivity contribution in [2.75, 3.05) is 0 Å². The van der Waals surface area contributed by atoms with Gasteiger partial charge in [0, 0.05) is 11.3 Å². The van der Waals surface area contributed by atoms with E-state index in [9.17, 15) is 9.59 Å². The maximum Gasteiger partial charge on any atom is 0.325 e. The topological polar surface area (TPSA) is 115 Å². The van der Waals surface area contributed by atoms with Crippen LogP contribution in [0.5, 0.6) is 0 Å². The fourth-order valence-corrected chi connectivity index (χ4v) is 3.60. The van der Waals surface area contributed by atoms with E-state index >= 15 is 0 Å². The monoisotopic (exact) mass is 394 g/mol. The van der Waals surface area contributed by atoms with E-state index in [0.717, 1.165) is 42.6 Å². The Morgan fingerprint density at radius 1 is 1.21 bits per heavy atom. The van der Waals surface area contributed by atoms with Gasteiger partial charge in [0.05, 0.1) is 18.4 Å². The van der Waals surface area contributed by atoms with Crippen LogP contribution in [-0.2, 0) is 37.1 Å². The van der Waals surface area contributed by atoms with E-state index < -0.39 is 5.97 Å². The van der Waals surface area contributed by atoms with Crippen LogP contribution in [0.15, 0.2) is 30.5 Å². The number of benzene rings is 1. The van der Waals surface area contributed by atoms with Crippen molar-refractivity contribution in [1.82, 2.24) is 30.1 Å². The minimum Gasteiger partial charge on any atom is -0.480 e. The lowest BCUT2D eigenvalue weighted by atomic mass is 10.1. The average molecular weight is 394 g/mol. The Hall–Kier alpha value is -3.49. The molecule has 1 aromatic carbocycles. The van der Waals surface area contributed by atoms with Crippen LogP contribution in [-0.4, -0.2) is 41.8 Å². The summed E-state index contributed by atoms with van der Waals surface area (Å²) in [5.41, 5.74) is 5.23. The van der Waals surface area contributed by atoms with Crippen molar-refractivity contribution in [3.05, 3.63) is 58.7 Å². The number of carboxylic acid groups (broad SMARTS) is 1. The molecule has 2 heterocycles. The smallest absolute Gasteiger partial charge is 0.325 e. The summed E-state index contributed by atoms with van der Waals surface area (Å²) in [6, 6.07) is 8.23. The second kappa shape index (κ2) is 7.86. The van der Waals surface area contributed by atoms with Gasteiger partial charge in [0.25, 0.3) is 5.91 Å². The quantitative estimate of drug-likeness (QED) is 0.628. The molecule has 0 atom stereocenters. The first kappa shape index (κ1) is 18.9. The van der Waals surface area contributed by atoms with Crippen molar-refractivity contribution < 1.29 is 14.7 Å². The zero-order valence-electron chi connectivity index (χ0n) is 16.1. The minimum atomic E-state index is -1.00. The van der Waals surface area contributed by atoms with Gasteiger partial charge in [0.1, 0.15) is 12.2 Å². The standard InChI is InChI=1S/C20H22N6O3/c1-2-13-6-8-15(9-7-13)26-17-5-3-4-16(17)19(23-26)20(29)21-10-14-11-25(24-22-14)12-18(27)28/h6-9,11H,2-5,10,12H2,1H3,(H,21,29)(H,27,28). The zero-order chi connectivity index (χ0) is 20.4. The number of amides is 1. The number of carbonyl (C=O) groups is 2. The predicted molar refractivity (Wildman–Crippen MR) is 104 cm³/mol. The number of carbonyl (C=O) groups excluding carboxylic acids is 1. The van der Waals surface area contributed by atoms with Crippen molar-refractivity contribution in [3.8, 4) is 5.69 Å². The first-order valence-electron chi connectivity index (χ1n) is 9.64. The van der Waals surface area contributed by atoms with Gasteiger partial charge >= 0.3 is 5.97 Å². The van der Waals surface area contributed by atoms with Gasteiger partial charge in [-0.15, -0.1) is 5.10 Å². The lowest BCUT2D eigenvalue weighted by Crippen LogP contribution is -2.24. The number of aromatic nitrogens is 5. The second-order valence-corrected chi connectivity index (χ2v) is 7.04. The van der Waals surface area contributed by atoms with Crippen LogP contribution in [0.1, 0.15) is 46.3 Å². The van der Waals surface area contributed by atoms with Gasteiger partial charge in [0.2, 0.25) is 0 Å². The average Bonchev–Trinajstić information content (AvgIpc) is 3.42. The van der Waals surface area contributed by atoms with Crippen molar-refractivity contribution in [1.29, 1.82) is 0 Å². The molecule has 0 spiro atoms. The Kier molecular flexibility index (Phi) is 5.11. The molecular formula is C20H22N6O3. The van der Waals surface area contributed by atoms with Crippen molar-refractivity contribution >= 4 is 11.9 Å². The molecule has 1 amide bonds. The summed E-state index contributed by atoms with van der Waals surface area (Å²) in [6.45, 7) is 2.00. The van der Waals surface area contributed by atoms with Crippen LogP contribution in [0.4, 0.5) is 0 Å². The molecule has 0 bridgehead atoms. The largest absolute Gasteiger partial charge is 0.480 e. The molecule has 0 unspecified atom stereocenters. The highest BCUT2D eigenvalue weighted by molar-refractivity contribution is 5.94. The molecule has 4 rings (SSSR count). The highest BCUT2D eigenvalue weighted by Gasteiger charge is 2.27. The van der Waals surface area contributed by atoms with Gasteiger partial charge in [-0.05, 0) is 43.4 Å². The van der Waals surface area contributed by atoms with Gasteiger partial charge < -0.3 is 10.4 Å². The third-order valence-electron chi connectivity index (χ3n) is 5.05. The van der Waals surface area contributed by atoms with Gasteiger partial charge in [-0.2, -0.15) is 5.10 Å². The molecule has 2 aromatic heterocycles. The van der Waals surface area contributed by atoms with Crippen LogP contribution in [0.3, 0.4) is 0 Å². The van der Waals surface area contributed by atoms with Gasteiger partial charge in [0.15, 0.2) is 5.69 Å². The van der Waals surface area contributed by atoms with Gasteiger partial charge in [-0.1, -0.05) is 24.3 Å². The molecule has 2 N–H and O–H groups in total. The fraction of sp³-hybridized carbons (Fsp3) is 0.350. The number of nitrogens with one attached hydrogen (secondary N) is 1. The Morgan fingerprint density at radius 3 is 2.72 bits per heavy atom. The van der Waals surface area contributed by atoms with Gasteiger partial charge in [-0.3, -0.25) is 9.59 Å². The Morgan fingerprint density at radius 2 is 2.00 bits per heavy atom. The number of fused-ring (bicyclic) bond motifs is 1. The zero-order valence-corrected chi connectivity index (χ0v) is 16.1. The fourth-order valence-electron chi connectivity index (χ4n) is 3.60. The van der Waals surface area contributed by atoms with E-state index in [1.165, 1.54) is 16.4 Å². The van der Waals surface area contributed by atoms with Gasteiger partial charge in [-0.25, -0.2) is 9.36 Å². The van der Waals surface area contributed by atoms with Crippen LogP contribution in [0.25, 0.3) is 5.69 Å². The molecule has 29 heavy (non-hydrogen) atoms. The third kappa shape index (κ3) is 3.89. The van der Waals surface area contributed by atoms with Crippen LogP contribution in [0, 0.1) is 0 Å². The molecule has 9 heteroatoms. The highest BCUT2D eigenvalue weighted by Crippen LogP contribution is 2.28. The third-order valence-corrected chi connectivity index (χ3v) is 5.05. The molecule has 0 aliphatic heterocycles.